The van der Waals surface area contributed by atoms with E-state index in [2.05, 4.69) is 55.9 Å². The standard InChI is InChI=1S/C18H22N2O/c1-12-9-16(14(3)20(12)4)11-19-13(2)18-10-15-7-5-6-8-17(15)21-18/h5-10,13,19H,11H2,1-4H3. The molecule has 1 atom stereocenters. The molecule has 0 bridgehead atoms. The number of benzene rings is 1. The first kappa shape index (κ1) is 14.0. The summed E-state index contributed by atoms with van der Waals surface area (Å²) in [6.45, 7) is 7.30. The first-order valence-corrected chi connectivity index (χ1v) is 7.40. The lowest BCUT2D eigenvalue weighted by Gasteiger charge is -2.11. The van der Waals surface area contributed by atoms with Crippen LogP contribution in [0.3, 0.4) is 0 Å². The van der Waals surface area contributed by atoms with E-state index in [-0.39, 0.29) is 6.04 Å². The van der Waals surface area contributed by atoms with Crippen LogP contribution < -0.4 is 5.32 Å². The van der Waals surface area contributed by atoms with Crippen molar-refractivity contribution in [3.63, 3.8) is 0 Å². The van der Waals surface area contributed by atoms with E-state index in [9.17, 15) is 0 Å². The zero-order chi connectivity index (χ0) is 15.0. The lowest BCUT2D eigenvalue weighted by atomic mass is 10.2. The monoisotopic (exact) mass is 282 g/mol. The summed E-state index contributed by atoms with van der Waals surface area (Å²) in [4.78, 5) is 0. The second-order valence-electron chi connectivity index (χ2n) is 5.74. The fourth-order valence-electron chi connectivity index (χ4n) is 2.69. The summed E-state index contributed by atoms with van der Waals surface area (Å²) < 4.78 is 8.13. The second kappa shape index (κ2) is 5.41. The van der Waals surface area contributed by atoms with Crippen LogP contribution in [-0.4, -0.2) is 4.57 Å². The zero-order valence-electron chi connectivity index (χ0n) is 13.1. The molecule has 0 radical (unpaired) electrons. The Balaban J connectivity index is 1.74. The molecule has 1 aromatic carbocycles. The normalized spacial score (nSPS) is 13.0. The van der Waals surface area contributed by atoms with E-state index in [4.69, 9.17) is 4.42 Å². The fraction of sp³-hybridized carbons (Fsp3) is 0.333. The third kappa shape index (κ3) is 2.61. The molecule has 3 nitrogen and oxygen atoms in total. The molecule has 0 saturated carbocycles. The molecule has 3 rings (SSSR count). The zero-order valence-corrected chi connectivity index (χ0v) is 13.1. The molecule has 1 N–H and O–H groups in total. The van der Waals surface area contributed by atoms with E-state index in [0.717, 1.165) is 23.3 Å². The third-order valence-electron chi connectivity index (χ3n) is 4.35. The van der Waals surface area contributed by atoms with Crippen molar-refractivity contribution >= 4 is 11.0 Å². The summed E-state index contributed by atoms with van der Waals surface area (Å²) in [5.74, 6) is 0.988. The van der Waals surface area contributed by atoms with Gasteiger partial charge >= 0.3 is 0 Å². The van der Waals surface area contributed by atoms with Gasteiger partial charge in [0.1, 0.15) is 11.3 Å². The number of nitrogens with one attached hydrogen (secondary N) is 1. The Hall–Kier alpha value is -2.00. The minimum atomic E-state index is 0.192. The molecule has 0 saturated heterocycles. The van der Waals surface area contributed by atoms with Crippen molar-refractivity contribution < 1.29 is 4.42 Å². The molecule has 0 spiro atoms. The molecule has 0 aliphatic carbocycles. The minimum absolute atomic E-state index is 0.192. The molecule has 0 amide bonds. The van der Waals surface area contributed by atoms with E-state index in [0.29, 0.717) is 0 Å². The van der Waals surface area contributed by atoms with Crippen molar-refractivity contribution in [2.24, 2.45) is 7.05 Å². The summed E-state index contributed by atoms with van der Waals surface area (Å²) in [6, 6.07) is 12.7. The molecule has 3 heteroatoms. The van der Waals surface area contributed by atoms with Crippen LogP contribution in [0.5, 0.6) is 0 Å². The lowest BCUT2D eigenvalue weighted by molar-refractivity contribution is 0.450. The first-order chi connectivity index (χ1) is 10.1. The number of aromatic nitrogens is 1. The molecule has 2 heterocycles. The first-order valence-electron chi connectivity index (χ1n) is 7.40. The molecule has 0 aliphatic rings. The Morgan fingerprint density at radius 2 is 1.95 bits per heavy atom. The highest BCUT2D eigenvalue weighted by atomic mass is 16.3. The average Bonchev–Trinajstić information content (AvgIpc) is 3.02. The van der Waals surface area contributed by atoms with Crippen LogP contribution in [0.1, 0.15) is 35.7 Å². The Labute approximate surface area is 125 Å². The van der Waals surface area contributed by atoms with Gasteiger partial charge in [-0.3, -0.25) is 0 Å². The number of rotatable bonds is 4. The van der Waals surface area contributed by atoms with Gasteiger partial charge in [0.15, 0.2) is 0 Å². The second-order valence-corrected chi connectivity index (χ2v) is 5.74. The largest absolute Gasteiger partial charge is 0.459 e. The van der Waals surface area contributed by atoms with Gasteiger partial charge in [-0.1, -0.05) is 18.2 Å². The Bertz CT molecular complexity index is 734. The number of aryl methyl sites for hydroxylation is 1. The minimum Gasteiger partial charge on any atom is -0.459 e. The van der Waals surface area contributed by atoms with Crippen molar-refractivity contribution in [1.82, 2.24) is 9.88 Å². The summed E-state index contributed by atoms with van der Waals surface area (Å²) in [7, 11) is 2.11. The molecule has 3 aromatic rings. The van der Waals surface area contributed by atoms with Gasteiger partial charge in [0.25, 0.3) is 0 Å². The van der Waals surface area contributed by atoms with Crippen LogP contribution in [-0.2, 0) is 13.6 Å². The summed E-state index contributed by atoms with van der Waals surface area (Å²) >= 11 is 0. The third-order valence-corrected chi connectivity index (χ3v) is 4.35. The van der Waals surface area contributed by atoms with Gasteiger partial charge in [-0.15, -0.1) is 0 Å². The summed E-state index contributed by atoms with van der Waals surface area (Å²) in [5, 5.41) is 4.71. The van der Waals surface area contributed by atoms with E-state index < -0.39 is 0 Å². The molecular weight excluding hydrogens is 260 g/mol. The lowest BCUT2D eigenvalue weighted by Crippen LogP contribution is -2.17. The number of hydrogen-bond acceptors (Lipinski definition) is 2. The SMILES string of the molecule is Cc1cc(CNC(C)c2cc3ccccc3o2)c(C)n1C. The Morgan fingerprint density at radius 1 is 1.19 bits per heavy atom. The molecular formula is C18H22N2O. The van der Waals surface area contributed by atoms with Crippen molar-refractivity contribution in [2.75, 3.05) is 0 Å². The molecule has 2 aromatic heterocycles. The highest BCUT2D eigenvalue weighted by molar-refractivity contribution is 5.77. The predicted molar refractivity (Wildman–Crippen MR) is 86.4 cm³/mol. The highest BCUT2D eigenvalue weighted by Crippen LogP contribution is 2.24. The van der Waals surface area contributed by atoms with Crippen molar-refractivity contribution in [2.45, 2.75) is 33.4 Å². The van der Waals surface area contributed by atoms with Crippen LogP contribution in [0.25, 0.3) is 11.0 Å². The maximum Gasteiger partial charge on any atom is 0.134 e. The number of fused-ring (bicyclic) bond motifs is 1. The fourth-order valence-corrected chi connectivity index (χ4v) is 2.69. The van der Waals surface area contributed by atoms with Crippen LogP contribution in [0.2, 0.25) is 0 Å². The Morgan fingerprint density at radius 3 is 2.62 bits per heavy atom. The molecule has 0 aliphatic heterocycles. The van der Waals surface area contributed by atoms with Gasteiger partial charge in [0.2, 0.25) is 0 Å². The highest BCUT2D eigenvalue weighted by Gasteiger charge is 2.12. The number of nitrogens with zero attached hydrogens (tertiary/aromatic N) is 1. The van der Waals surface area contributed by atoms with E-state index in [1.807, 2.05) is 18.2 Å². The Kier molecular flexibility index (Phi) is 3.60. The number of hydrogen-bond donors (Lipinski definition) is 1. The van der Waals surface area contributed by atoms with Crippen molar-refractivity contribution in [3.05, 3.63) is 59.1 Å². The van der Waals surface area contributed by atoms with Crippen molar-refractivity contribution in [1.29, 1.82) is 0 Å². The van der Waals surface area contributed by atoms with Crippen LogP contribution in [0.15, 0.2) is 40.8 Å². The van der Waals surface area contributed by atoms with Crippen LogP contribution >= 0.6 is 0 Å². The predicted octanol–water partition coefficient (Wildman–Crippen LogP) is 4.24. The molecule has 1 unspecified atom stereocenters. The van der Waals surface area contributed by atoms with Crippen LogP contribution in [0, 0.1) is 13.8 Å². The molecule has 0 fully saturated rings. The maximum absolute atomic E-state index is 5.91. The van der Waals surface area contributed by atoms with Gasteiger partial charge in [-0.05, 0) is 44.5 Å². The quantitative estimate of drug-likeness (QED) is 0.775. The topological polar surface area (TPSA) is 30.1 Å². The molecule has 21 heavy (non-hydrogen) atoms. The van der Waals surface area contributed by atoms with Gasteiger partial charge < -0.3 is 14.3 Å². The van der Waals surface area contributed by atoms with Crippen LogP contribution in [0.4, 0.5) is 0 Å². The number of furan rings is 1. The summed E-state index contributed by atoms with van der Waals surface area (Å²) in [5.41, 5.74) is 4.91. The maximum atomic E-state index is 5.91. The molecule has 110 valence electrons. The van der Waals surface area contributed by atoms with Gasteiger partial charge in [-0.25, -0.2) is 0 Å². The van der Waals surface area contributed by atoms with E-state index >= 15 is 0 Å². The average molecular weight is 282 g/mol. The number of para-hydroxylation sites is 1. The summed E-state index contributed by atoms with van der Waals surface area (Å²) in [6.07, 6.45) is 0. The van der Waals surface area contributed by atoms with Gasteiger partial charge in [-0.2, -0.15) is 0 Å². The van der Waals surface area contributed by atoms with Gasteiger partial charge in [0, 0.05) is 30.4 Å². The smallest absolute Gasteiger partial charge is 0.134 e. The van der Waals surface area contributed by atoms with E-state index in [1.165, 1.54) is 17.0 Å². The van der Waals surface area contributed by atoms with E-state index in [1.54, 1.807) is 0 Å². The van der Waals surface area contributed by atoms with Gasteiger partial charge in [0.05, 0.1) is 6.04 Å². The van der Waals surface area contributed by atoms with Crippen molar-refractivity contribution in [3.8, 4) is 0 Å².